The number of halogens is 1. The summed E-state index contributed by atoms with van der Waals surface area (Å²) in [6.45, 7) is 4.51. The Labute approximate surface area is 124 Å². The molecule has 2 aromatic rings. The molecular formula is C16H17ClN2O. The third-order valence-corrected chi connectivity index (χ3v) is 3.20. The van der Waals surface area contributed by atoms with Crippen LogP contribution in [0.15, 0.2) is 36.4 Å². The molecule has 2 rings (SSSR count). The summed E-state index contributed by atoms with van der Waals surface area (Å²) in [5.41, 5.74) is 3.62. The summed E-state index contributed by atoms with van der Waals surface area (Å²) >= 11 is 5.92. The SMILES string of the molecule is CCc1cc(C(=O)NCc2cccc(C)c2)cc(Cl)n1. The predicted molar refractivity (Wildman–Crippen MR) is 81.0 cm³/mol. The molecule has 1 N–H and O–H groups in total. The minimum absolute atomic E-state index is 0.134. The van der Waals surface area contributed by atoms with E-state index in [1.165, 1.54) is 5.56 Å². The van der Waals surface area contributed by atoms with Crippen molar-refractivity contribution in [1.29, 1.82) is 0 Å². The minimum Gasteiger partial charge on any atom is -0.348 e. The topological polar surface area (TPSA) is 42.0 Å². The van der Waals surface area contributed by atoms with Crippen molar-refractivity contribution in [3.63, 3.8) is 0 Å². The molecule has 0 saturated carbocycles. The van der Waals surface area contributed by atoms with E-state index in [4.69, 9.17) is 11.6 Å². The lowest BCUT2D eigenvalue weighted by Gasteiger charge is -2.07. The number of hydrogen-bond acceptors (Lipinski definition) is 2. The summed E-state index contributed by atoms with van der Waals surface area (Å²) in [5, 5.41) is 3.25. The lowest BCUT2D eigenvalue weighted by molar-refractivity contribution is 0.0950. The first-order valence-corrected chi connectivity index (χ1v) is 6.96. The molecular weight excluding hydrogens is 272 g/mol. The van der Waals surface area contributed by atoms with Crippen molar-refractivity contribution in [2.75, 3.05) is 0 Å². The quantitative estimate of drug-likeness (QED) is 0.875. The summed E-state index contributed by atoms with van der Waals surface area (Å²) in [5.74, 6) is -0.134. The van der Waals surface area contributed by atoms with Crippen LogP contribution in [0.1, 0.15) is 34.1 Å². The van der Waals surface area contributed by atoms with Gasteiger partial charge in [0.1, 0.15) is 5.15 Å². The number of nitrogens with zero attached hydrogens (tertiary/aromatic N) is 1. The van der Waals surface area contributed by atoms with Crippen molar-refractivity contribution in [2.45, 2.75) is 26.8 Å². The van der Waals surface area contributed by atoms with Gasteiger partial charge < -0.3 is 5.32 Å². The van der Waals surface area contributed by atoms with E-state index < -0.39 is 0 Å². The lowest BCUT2D eigenvalue weighted by Crippen LogP contribution is -2.23. The van der Waals surface area contributed by atoms with E-state index >= 15 is 0 Å². The van der Waals surface area contributed by atoms with Crippen LogP contribution in [-0.2, 0) is 13.0 Å². The average Bonchev–Trinajstić information content (AvgIpc) is 2.44. The van der Waals surface area contributed by atoms with Crippen LogP contribution in [0.4, 0.5) is 0 Å². The summed E-state index contributed by atoms with van der Waals surface area (Å²) in [7, 11) is 0. The Morgan fingerprint density at radius 1 is 1.30 bits per heavy atom. The molecule has 0 unspecified atom stereocenters. The molecule has 3 nitrogen and oxygen atoms in total. The molecule has 0 bridgehead atoms. The Balaban J connectivity index is 2.07. The molecule has 1 amide bonds. The molecule has 0 spiro atoms. The van der Waals surface area contributed by atoms with E-state index in [1.54, 1.807) is 12.1 Å². The number of amides is 1. The van der Waals surface area contributed by atoms with Gasteiger partial charge in [0.15, 0.2) is 0 Å². The standard InChI is InChI=1S/C16H17ClN2O/c1-3-14-8-13(9-15(17)19-14)16(20)18-10-12-6-4-5-11(2)7-12/h4-9H,3,10H2,1-2H3,(H,18,20). The van der Waals surface area contributed by atoms with E-state index in [9.17, 15) is 4.79 Å². The van der Waals surface area contributed by atoms with Gasteiger partial charge in [0.05, 0.1) is 0 Å². The molecule has 0 aliphatic carbocycles. The van der Waals surface area contributed by atoms with E-state index in [2.05, 4.69) is 16.4 Å². The number of pyridine rings is 1. The third kappa shape index (κ3) is 3.81. The molecule has 0 aliphatic rings. The monoisotopic (exact) mass is 288 g/mol. The Hall–Kier alpha value is -1.87. The molecule has 0 aliphatic heterocycles. The zero-order valence-corrected chi connectivity index (χ0v) is 12.4. The number of nitrogens with one attached hydrogen (secondary N) is 1. The number of aryl methyl sites for hydroxylation is 2. The molecule has 0 fully saturated rings. The van der Waals surface area contributed by atoms with Crippen molar-refractivity contribution in [3.05, 3.63) is 63.9 Å². The number of benzene rings is 1. The summed E-state index contributed by atoms with van der Waals surface area (Å²) < 4.78 is 0. The van der Waals surface area contributed by atoms with Crippen LogP contribution in [-0.4, -0.2) is 10.9 Å². The number of hydrogen-bond donors (Lipinski definition) is 1. The zero-order chi connectivity index (χ0) is 14.5. The highest BCUT2D eigenvalue weighted by Crippen LogP contribution is 2.12. The van der Waals surface area contributed by atoms with Crippen LogP contribution >= 0.6 is 11.6 Å². The highest BCUT2D eigenvalue weighted by atomic mass is 35.5. The van der Waals surface area contributed by atoms with Crippen molar-refractivity contribution in [2.24, 2.45) is 0 Å². The second-order valence-corrected chi connectivity index (χ2v) is 5.08. The van der Waals surface area contributed by atoms with Gasteiger partial charge in [0.2, 0.25) is 0 Å². The number of rotatable bonds is 4. The van der Waals surface area contributed by atoms with Crippen LogP contribution < -0.4 is 5.32 Å². The van der Waals surface area contributed by atoms with E-state index in [0.717, 1.165) is 17.7 Å². The van der Waals surface area contributed by atoms with Gasteiger partial charge in [-0.15, -0.1) is 0 Å². The summed E-state index contributed by atoms with van der Waals surface area (Å²) in [6.07, 6.45) is 0.749. The van der Waals surface area contributed by atoms with Crippen LogP contribution in [0.5, 0.6) is 0 Å². The Morgan fingerprint density at radius 3 is 2.80 bits per heavy atom. The maximum atomic E-state index is 12.1. The first-order chi connectivity index (χ1) is 9.58. The highest BCUT2D eigenvalue weighted by molar-refractivity contribution is 6.29. The summed E-state index contributed by atoms with van der Waals surface area (Å²) in [4.78, 5) is 16.3. The molecule has 4 heteroatoms. The van der Waals surface area contributed by atoms with E-state index in [0.29, 0.717) is 17.3 Å². The molecule has 1 heterocycles. The van der Waals surface area contributed by atoms with Gasteiger partial charge in [-0.3, -0.25) is 4.79 Å². The Kier molecular flexibility index (Phi) is 4.74. The van der Waals surface area contributed by atoms with Gasteiger partial charge in [0, 0.05) is 17.8 Å². The number of carbonyl (C=O) groups excluding carboxylic acids is 1. The van der Waals surface area contributed by atoms with Crippen molar-refractivity contribution >= 4 is 17.5 Å². The molecule has 0 radical (unpaired) electrons. The van der Waals surface area contributed by atoms with E-state index in [1.807, 2.05) is 32.0 Å². The molecule has 0 saturated heterocycles. The van der Waals surface area contributed by atoms with Gasteiger partial charge in [-0.25, -0.2) is 4.98 Å². The van der Waals surface area contributed by atoms with Crippen molar-refractivity contribution in [3.8, 4) is 0 Å². The zero-order valence-electron chi connectivity index (χ0n) is 11.6. The predicted octanol–water partition coefficient (Wildman–Crippen LogP) is 3.54. The second-order valence-electron chi connectivity index (χ2n) is 4.70. The first kappa shape index (κ1) is 14.5. The smallest absolute Gasteiger partial charge is 0.251 e. The average molecular weight is 289 g/mol. The van der Waals surface area contributed by atoms with Crippen molar-refractivity contribution in [1.82, 2.24) is 10.3 Å². The van der Waals surface area contributed by atoms with Crippen LogP contribution in [0, 0.1) is 6.92 Å². The minimum atomic E-state index is -0.134. The molecule has 1 aromatic heterocycles. The largest absolute Gasteiger partial charge is 0.348 e. The van der Waals surface area contributed by atoms with Crippen molar-refractivity contribution < 1.29 is 4.79 Å². The normalized spacial score (nSPS) is 10.3. The maximum absolute atomic E-state index is 12.1. The Morgan fingerprint density at radius 2 is 2.10 bits per heavy atom. The van der Waals surface area contributed by atoms with Crippen LogP contribution in [0.25, 0.3) is 0 Å². The van der Waals surface area contributed by atoms with Gasteiger partial charge in [-0.05, 0) is 31.0 Å². The maximum Gasteiger partial charge on any atom is 0.251 e. The molecule has 0 atom stereocenters. The molecule has 1 aromatic carbocycles. The highest BCUT2D eigenvalue weighted by Gasteiger charge is 2.08. The Bertz CT molecular complexity index is 626. The van der Waals surface area contributed by atoms with Gasteiger partial charge in [0.25, 0.3) is 5.91 Å². The van der Waals surface area contributed by atoms with Crippen LogP contribution in [0.3, 0.4) is 0 Å². The lowest BCUT2D eigenvalue weighted by atomic mass is 10.1. The van der Waals surface area contributed by atoms with Gasteiger partial charge >= 0.3 is 0 Å². The van der Waals surface area contributed by atoms with E-state index in [-0.39, 0.29) is 5.91 Å². The second kappa shape index (κ2) is 6.53. The third-order valence-electron chi connectivity index (χ3n) is 3.01. The van der Waals surface area contributed by atoms with Gasteiger partial charge in [-0.2, -0.15) is 0 Å². The fourth-order valence-corrected chi connectivity index (χ4v) is 2.20. The number of aromatic nitrogens is 1. The molecule has 20 heavy (non-hydrogen) atoms. The fourth-order valence-electron chi connectivity index (χ4n) is 1.97. The van der Waals surface area contributed by atoms with Gasteiger partial charge in [-0.1, -0.05) is 48.4 Å². The fraction of sp³-hybridized carbons (Fsp3) is 0.250. The molecule has 104 valence electrons. The first-order valence-electron chi connectivity index (χ1n) is 6.58. The number of carbonyl (C=O) groups is 1. The summed E-state index contributed by atoms with van der Waals surface area (Å²) in [6, 6.07) is 11.4. The van der Waals surface area contributed by atoms with Crippen LogP contribution in [0.2, 0.25) is 5.15 Å².